The molecular weight excluding hydrogens is 242 g/mol. The van der Waals surface area contributed by atoms with Crippen LogP contribution in [0.2, 0.25) is 0 Å². The molecule has 1 heterocycles. The lowest BCUT2D eigenvalue weighted by Gasteiger charge is -2.26. The Balaban J connectivity index is 1.50. The first-order chi connectivity index (χ1) is 9.34. The predicted molar refractivity (Wildman–Crippen MR) is 75.0 cm³/mol. The van der Waals surface area contributed by atoms with E-state index in [1.54, 1.807) is 0 Å². The van der Waals surface area contributed by atoms with E-state index in [1.165, 1.54) is 18.4 Å². The number of morpholine rings is 1. The van der Waals surface area contributed by atoms with Crippen molar-refractivity contribution < 1.29 is 9.53 Å². The molecule has 1 saturated heterocycles. The van der Waals surface area contributed by atoms with Crippen LogP contribution in [0.4, 0.5) is 4.79 Å². The van der Waals surface area contributed by atoms with Gasteiger partial charge < -0.3 is 15.4 Å². The smallest absolute Gasteiger partial charge is 0.318 e. The van der Waals surface area contributed by atoms with Gasteiger partial charge in [0.25, 0.3) is 0 Å². The Morgan fingerprint density at radius 3 is 2.74 bits per heavy atom. The highest BCUT2D eigenvalue weighted by Gasteiger charge is 2.09. The molecule has 0 radical (unpaired) electrons. The van der Waals surface area contributed by atoms with Crippen molar-refractivity contribution in [2.75, 3.05) is 39.4 Å². The summed E-state index contributed by atoms with van der Waals surface area (Å²) < 4.78 is 5.30. The van der Waals surface area contributed by atoms with Gasteiger partial charge in [-0.3, -0.25) is 4.90 Å². The van der Waals surface area contributed by atoms with Gasteiger partial charge in [-0.25, -0.2) is 4.79 Å². The van der Waals surface area contributed by atoms with Crippen molar-refractivity contribution in [1.82, 2.24) is 15.5 Å². The van der Waals surface area contributed by atoms with E-state index in [0.717, 1.165) is 58.7 Å². The number of amides is 2. The predicted octanol–water partition coefficient (Wildman–Crippen LogP) is 1.47. The van der Waals surface area contributed by atoms with E-state index in [2.05, 4.69) is 15.5 Å². The van der Waals surface area contributed by atoms with Crippen LogP contribution in [0.25, 0.3) is 0 Å². The van der Waals surface area contributed by atoms with Crippen molar-refractivity contribution in [2.45, 2.75) is 32.1 Å². The van der Waals surface area contributed by atoms with Gasteiger partial charge >= 0.3 is 6.03 Å². The fourth-order valence-electron chi connectivity index (χ4n) is 2.52. The second-order valence-corrected chi connectivity index (χ2v) is 5.22. The average molecular weight is 267 g/mol. The highest BCUT2D eigenvalue weighted by atomic mass is 16.5. The maximum Gasteiger partial charge on any atom is 0.318 e. The highest BCUT2D eigenvalue weighted by Crippen LogP contribution is 2.22. The molecule has 0 bridgehead atoms. The van der Waals surface area contributed by atoms with Crippen LogP contribution in [0.5, 0.6) is 0 Å². The van der Waals surface area contributed by atoms with Gasteiger partial charge in [-0.2, -0.15) is 0 Å². The third-order valence-corrected chi connectivity index (χ3v) is 3.69. The summed E-state index contributed by atoms with van der Waals surface area (Å²) in [6.45, 7) is 5.46. The molecule has 5 heteroatoms. The lowest BCUT2D eigenvalue weighted by atomic mass is 10.2. The lowest BCUT2D eigenvalue weighted by molar-refractivity contribution is 0.0375. The molecule has 0 aromatic heterocycles. The summed E-state index contributed by atoms with van der Waals surface area (Å²) in [6, 6.07) is -0.0821. The molecule has 1 aliphatic heterocycles. The van der Waals surface area contributed by atoms with Crippen molar-refractivity contribution in [1.29, 1.82) is 0 Å². The fourth-order valence-corrected chi connectivity index (χ4v) is 2.52. The first-order valence-corrected chi connectivity index (χ1v) is 7.37. The maximum absolute atomic E-state index is 11.6. The van der Waals surface area contributed by atoms with E-state index in [4.69, 9.17) is 4.74 Å². The second-order valence-electron chi connectivity index (χ2n) is 5.22. The summed E-state index contributed by atoms with van der Waals surface area (Å²) in [7, 11) is 0. The second kappa shape index (κ2) is 8.17. The number of carbonyl (C=O) groups is 1. The number of allylic oxidation sites excluding steroid dienone is 1. The molecule has 1 aliphatic carbocycles. The maximum atomic E-state index is 11.6. The Kier molecular flexibility index (Phi) is 6.17. The number of hydrogen-bond acceptors (Lipinski definition) is 3. The molecular formula is C14H25N3O2. The lowest BCUT2D eigenvalue weighted by Crippen LogP contribution is -2.39. The van der Waals surface area contributed by atoms with Crippen LogP contribution in [0, 0.1) is 0 Å². The Bertz CT molecular complexity index is 304. The van der Waals surface area contributed by atoms with Crippen molar-refractivity contribution in [2.24, 2.45) is 0 Å². The number of urea groups is 1. The summed E-state index contributed by atoms with van der Waals surface area (Å²) in [6.07, 6.45) is 7.66. The Morgan fingerprint density at radius 2 is 2.00 bits per heavy atom. The van der Waals surface area contributed by atoms with Crippen LogP contribution in [0.15, 0.2) is 11.8 Å². The van der Waals surface area contributed by atoms with Crippen LogP contribution >= 0.6 is 0 Å². The molecule has 5 nitrogen and oxygen atoms in total. The normalized spacial score (nSPS) is 20.3. The molecule has 0 unspecified atom stereocenters. The number of nitrogens with one attached hydrogen (secondary N) is 2. The summed E-state index contributed by atoms with van der Waals surface area (Å²) in [4.78, 5) is 13.9. The minimum absolute atomic E-state index is 0.0821. The van der Waals surface area contributed by atoms with E-state index >= 15 is 0 Å². The average Bonchev–Trinajstić information content (AvgIpc) is 2.96. The number of carbonyl (C=O) groups excluding carboxylic acids is 1. The molecule has 0 spiro atoms. The molecule has 1 saturated carbocycles. The Morgan fingerprint density at radius 1 is 1.26 bits per heavy atom. The highest BCUT2D eigenvalue weighted by molar-refractivity contribution is 5.74. The van der Waals surface area contributed by atoms with Gasteiger partial charge in [-0.1, -0.05) is 5.57 Å². The standard InChI is InChI=1S/C14H25N3O2/c18-14(16-12-13-4-1-2-5-13)15-6-3-7-17-8-10-19-11-9-17/h12H,1-11H2,(H2,15,16,18). The van der Waals surface area contributed by atoms with Gasteiger partial charge in [0.05, 0.1) is 13.2 Å². The molecule has 0 aromatic rings. The van der Waals surface area contributed by atoms with Crippen LogP contribution < -0.4 is 10.6 Å². The molecule has 2 aliphatic rings. The zero-order valence-electron chi connectivity index (χ0n) is 11.6. The zero-order valence-corrected chi connectivity index (χ0v) is 11.6. The SMILES string of the molecule is O=C(NC=C1CCCC1)NCCCN1CCOCC1. The molecule has 2 rings (SSSR count). The molecule has 2 fully saturated rings. The van der Waals surface area contributed by atoms with Crippen LogP contribution in [0.1, 0.15) is 32.1 Å². The van der Waals surface area contributed by atoms with Gasteiger partial charge in [0, 0.05) is 25.8 Å². The first kappa shape index (κ1) is 14.3. The number of rotatable bonds is 5. The molecule has 0 atom stereocenters. The van der Waals surface area contributed by atoms with E-state index in [0.29, 0.717) is 0 Å². The summed E-state index contributed by atoms with van der Waals surface area (Å²) >= 11 is 0. The van der Waals surface area contributed by atoms with Gasteiger partial charge in [0.15, 0.2) is 0 Å². The van der Waals surface area contributed by atoms with Gasteiger partial charge in [-0.05, 0) is 38.6 Å². The fraction of sp³-hybridized carbons (Fsp3) is 0.786. The topological polar surface area (TPSA) is 53.6 Å². The summed E-state index contributed by atoms with van der Waals surface area (Å²) in [5.41, 5.74) is 1.36. The third-order valence-electron chi connectivity index (χ3n) is 3.69. The monoisotopic (exact) mass is 267 g/mol. The van der Waals surface area contributed by atoms with Crippen molar-refractivity contribution in [3.8, 4) is 0 Å². The molecule has 2 N–H and O–H groups in total. The molecule has 0 aromatic carbocycles. The van der Waals surface area contributed by atoms with E-state index in [-0.39, 0.29) is 6.03 Å². The zero-order chi connectivity index (χ0) is 13.3. The largest absolute Gasteiger partial charge is 0.379 e. The van der Waals surface area contributed by atoms with Crippen LogP contribution in [-0.2, 0) is 4.74 Å². The summed E-state index contributed by atoms with van der Waals surface area (Å²) in [5, 5.41) is 5.71. The van der Waals surface area contributed by atoms with Gasteiger partial charge in [0.1, 0.15) is 0 Å². The number of nitrogens with zero attached hydrogens (tertiary/aromatic N) is 1. The van der Waals surface area contributed by atoms with Crippen LogP contribution in [0.3, 0.4) is 0 Å². The third kappa shape index (κ3) is 5.61. The minimum atomic E-state index is -0.0821. The van der Waals surface area contributed by atoms with Gasteiger partial charge in [-0.15, -0.1) is 0 Å². The van der Waals surface area contributed by atoms with E-state index in [9.17, 15) is 4.79 Å². The number of ether oxygens (including phenoxy) is 1. The van der Waals surface area contributed by atoms with Crippen molar-refractivity contribution >= 4 is 6.03 Å². The molecule has 19 heavy (non-hydrogen) atoms. The van der Waals surface area contributed by atoms with E-state index < -0.39 is 0 Å². The quantitative estimate of drug-likeness (QED) is 0.742. The molecule has 2 amide bonds. The van der Waals surface area contributed by atoms with Crippen LogP contribution in [-0.4, -0.2) is 50.3 Å². The van der Waals surface area contributed by atoms with Gasteiger partial charge in [0.2, 0.25) is 0 Å². The Hall–Kier alpha value is -1.07. The molecule has 108 valence electrons. The number of hydrogen-bond donors (Lipinski definition) is 2. The van der Waals surface area contributed by atoms with E-state index in [1.807, 2.05) is 6.20 Å². The summed E-state index contributed by atoms with van der Waals surface area (Å²) in [5.74, 6) is 0. The first-order valence-electron chi connectivity index (χ1n) is 7.37. The van der Waals surface area contributed by atoms with Crippen molar-refractivity contribution in [3.05, 3.63) is 11.8 Å². The van der Waals surface area contributed by atoms with Crippen molar-refractivity contribution in [3.63, 3.8) is 0 Å². The minimum Gasteiger partial charge on any atom is -0.379 e. The Labute approximate surface area is 115 Å².